The van der Waals surface area contributed by atoms with E-state index in [0.717, 1.165) is 17.7 Å². The zero-order valence-corrected chi connectivity index (χ0v) is 16.5. The second-order valence-electron chi connectivity index (χ2n) is 6.61. The van der Waals surface area contributed by atoms with E-state index >= 15 is 0 Å². The summed E-state index contributed by atoms with van der Waals surface area (Å²) in [6.45, 7) is 3.91. The number of nitrogens with zero attached hydrogens (tertiary/aromatic N) is 3. The van der Waals surface area contributed by atoms with E-state index in [-0.39, 0.29) is 17.6 Å². The molecule has 0 spiro atoms. The maximum atomic E-state index is 12.8. The Kier molecular flexibility index (Phi) is 5.92. The molecule has 1 N–H and O–H groups in total. The smallest absolute Gasteiger partial charge is 0.270 e. The van der Waals surface area contributed by atoms with Gasteiger partial charge in [0.25, 0.3) is 11.6 Å². The van der Waals surface area contributed by atoms with Crippen molar-refractivity contribution >= 4 is 11.6 Å². The van der Waals surface area contributed by atoms with Gasteiger partial charge in [-0.2, -0.15) is 5.10 Å². The summed E-state index contributed by atoms with van der Waals surface area (Å²) in [4.78, 5) is 23.3. The molecule has 0 unspecified atom stereocenters. The third kappa shape index (κ3) is 4.43. The molecular formula is C21H22N4O4. The maximum absolute atomic E-state index is 12.8. The van der Waals surface area contributed by atoms with E-state index in [9.17, 15) is 14.9 Å². The lowest BCUT2D eigenvalue weighted by molar-refractivity contribution is -0.384. The average molecular weight is 394 g/mol. The second-order valence-corrected chi connectivity index (χ2v) is 6.61. The molecule has 0 radical (unpaired) electrons. The van der Waals surface area contributed by atoms with Gasteiger partial charge >= 0.3 is 0 Å². The first-order valence-corrected chi connectivity index (χ1v) is 9.23. The number of nitrogens with one attached hydrogen (secondary N) is 1. The van der Waals surface area contributed by atoms with E-state index in [2.05, 4.69) is 10.4 Å². The summed E-state index contributed by atoms with van der Waals surface area (Å²) in [5.74, 6) is 0.461. The number of non-ortho nitro benzene ring substituents is 1. The molecule has 0 saturated carbocycles. The van der Waals surface area contributed by atoms with Gasteiger partial charge in [-0.3, -0.25) is 14.9 Å². The fourth-order valence-electron chi connectivity index (χ4n) is 2.76. The van der Waals surface area contributed by atoms with Crippen LogP contribution >= 0.6 is 0 Å². The van der Waals surface area contributed by atoms with E-state index in [1.54, 1.807) is 25.3 Å². The van der Waals surface area contributed by atoms with Crippen LogP contribution in [0.1, 0.15) is 30.8 Å². The minimum absolute atomic E-state index is 0.00662. The van der Waals surface area contributed by atoms with Crippen molar-refractivity contribution in [2.45, 2.75) is 26.3 Å². The van der Waals surface area contributed by atoms with E-state index < -0.39 is 4.92 Å². The van der Waals surface area contributed by atoms with Crippen LogP contribution in [0.15, 0.2) is 54.6 Å². The summed E-state index contributed by atoms with van der Waals surface area (Å²) in [5, 5.41) is 18.4. The Hall–Kier alpha value is -3.68. The predicted molar refractivity (Wildman–Crippen MR) is 109 cm³/mol. The monoisotopic (exact) mass is 394 g/mol. The highest BCUT2D eigenvalue weighted by molar-refractivity contribution is 5.94. The van der Waals surface area contributed by atoms with Gasteiger partial charge in [-0.05, 0) is 55.8 Å². The fraction of sp³-hybridized carbons (Fsp3) is 0.238. The number of methoxy groups -OCH3 is 1. The number of ether oxygens (including phenoxy) is 1. The lowest BCUT2D eigenvalue weighted by atomic mass is 10.1. The first-order valence-electron chi connectivity index (χ1n) is 9.23. The number of hydrogen-bond donors (Lipinski definition) is 1. The number of nitro groups is 1. The maximum Gasteiger partial charge on any atom is 0.270 e. The van der Waals surface area contributed by atoms with Gasteiger partial charge in [-0.25, -0.2) is 4.68 Å². The van der Waals surface area contributed by atoms with Gasteiger partial charge in [-0.1, -0.05) is 6.92 Å². The Bertz CT molecular complexity index is 1010. The van der Waals surface area contributed by atoms with Crippen LogP contribution in [0.2, 0.25) is 0 Å². The van der Waals surface area contributed by atoms with Crippen molar-refractivity contribution in [2.75, 3.05) is 7.11 Å². The molecule has 8 heteroatoms. The number of nitro benzene ring substituents is 1. The zero-order chi connectivity index (χ0) is 21.0. The topological polar surface area (TPSA) is 99.3 Å². The molecule has 29 heavy (non-hydrogen) atoms. The van der Waals surface area contributed by atoms with E-state index in [4.69, 9.17) is 4.74 Å². The van der Waals surface area contributed by atoms with Crippen molar-refractivity contribution in [1.29, 1.82) is 0 Å². The molecular weight excluding hydrogens is 372 g/mol. The number of carbonyl (C=O) groups excluding carboxylic acids is 1. The molecule has 1 heterocycles. The largest absolute Gasteiger partial charge is 0.497 e. The van der Waals surface area contributed by atoms with E-state index in [1.807, 2.05) is 38.1 Å². The second kappa shape index (κ2) is 8.55. The van der Waals surface area contributed by atoms with E-state index in [1.165, 1.54) is 16.8 Å². The van der Waals surface area contributed by atoms with Gasteiger partial charge in [-0.15, -0.1) is 0 Å². The lowest BCUT2D eigenvalue weighted by Crippen LogP contribution is -2.33. The van der Waals surface area contributed by atoms with Crippen LogP contribution in [-0.4, -0.2) is 33.8 Å². The van der Waals surface area contributed by atoms with Gasteiger partial charge in [0.1, 0.15) is 11.4 Å². The van der Waals surface area contributed by atoms with Crippen molar-refractivity contribution in [2.24, 2.45) is 0 Å². The Balaban J connectivity index is 2.05. The van der Waals surface area contributed by atoms with E-state index in [0.29, 0.717) is 17.1 Å². The van der Waals surface area contributed by atoms with Crippen molar-refractivity contribution in [3.63, 3.8) is 0 Å². The van der Waals surface area contributed by atoms with Crippen LogP contribution in [0.3, 0.4) is 0 Å². The van der Waals surface area contributed by atoms with Gasteiger partial charge in [0, 0.05) is 23.7 Å². The third-order valence-electron chi connectivity index (χ3n) is 4.62. The first kappa shape index (κ1) is 20.1. The van der Waals surface area contributed by atoms with Crippen LogP contribution in [0, 0.1) is 10.1 Å². The molecule has 1 atom stereocenters. The van der Waals surface area contributed by atoms with Gasteiger partial charge in [0.2, 0.25) is 0 Å². The third-order valence-corrected chi connectivity index (χ3v) is 4.62. The fourth-order valence-corrected chi connectivity index (χ4v) is 2.76. The van der Waals surface area contributed by atoms with Gasteiger partial charge in [0.15, 0.2) is 0 Å². The predicted octanol–water partition coefficient (Wildman–Crippen LogP) is 3.98. The molecule has 1 aromatic heterocycles. The standard InChI is InChI=1S/C21H22N4O4/c1-4-14(2)22-21(26)20-13-19(15-5-11-18(29-3)12-6-15)23-24(20)16-7-9-17(10-8-16)25(27)28/h5-14H,4H2,1-3H3,(H,22,26)/t14-/m1/s1. The molecule has 0 aliphatic rings. The number of hydrogen-bond acceptors (Lipinski definition) is 5. The Morgan fingerprint density at radius 1 is 1.21 bits per heavy atom. The highest BCUT2D eigenvalue weighted by atomic mass is 16.6. The number of benzene rings is 2. The zero-order valence-electron chi connectivity index (χ0n) is 16.5. The number of carbonyl (C=O) groups is 1. The minimum Gasteiger partial charge on any atom is -0.497 e. The highest BCUT2D eigenvalue weighted by Gasteiger charge is 2.19. The Labute approximate surface area is 168 Å². The number of aromatic nitrogens is 2. The summed E-state index contributed by atoms with van der Waals surface area (Å²) in [5.41, 5.74) is 2.32. The molecule has 2 aromatic carbocycles. The molecule has 150 valence electrons. The Morgan fingerprint density at radius 3 is 2.41 bits per heavy atom. The van der Waals surface area contributed by atoms with Crippen molar-refractivity contribution in [3.8, 4) is 22.7 Å². The normalized spacial score (nSPS) is 11.7. The summed E-state index contributed by atoms with van der Waals surface area (Å²) < 4.78 is 6.68. The van der Waals surface area contributed by atoms with Crippen LogP contribution in [0.5, 0.6) is 5.75 Å². The van der Waals surface area contributed by atoms with Gasteiger partial charge < -0.3 is 10.1 Å². The molecule has 3 rings (SSSR count). The molecule has 0 bridgehead atoms. The van der Waals surface area contributed by atoms with Crippen LogP contribution in [0.25, 0.3) is 16.9 Å². The molecule has 8 nitrogen and oxygen atoms in total. The number of rotatable bonds is 7. The molecule has 3 aromatic rings. The minimum atomic E-state index is -0.466. The van der Waals surface area contributed by atoms with Crippen LogP contribution in [-0.2, 0) is 0 Å². The molecule has 0 saturated heterocycles. The quantitative estimate of drug-likeness (QED) is 0.483. The number of amides is 1. The van der Waals surface area contributed by atoms with Gasteiger partial charge in [0.05, 0.1) is 23.4 Å². The van der Waals surface area contributed by atoms with Crippen molar-refractivity contribution < 1.29 is 14.5 Å². The van der Waals surface area contributed by atoms with Crippen LogP contribution in [0.4, 0.5) is 5.69 Å². The van der Waals surface area contributed by atoms with Crippen molar-refractivity contribution in [3.05, 3.63) is 70.4 Å². The SMILES string of the molecule is CC[C@@H](C)NC(=O)c1cc(-c2ccc(OC)cc2)nn1-c1ccc([N+](=O)[O-])cc1. The molecule has 0 aliphatic heterocycles. The molecule has 0 aliphatic carbocycles. The lowest BCUT2D eigenvalue weighted by Gasteiger charge is -2.12. The summed E-state index contributed by atoms with van der Waals surface area (Å²) >= 11 is 0. The summed E-state index contributed by atoms with van der Waals surface area (Å²) in [7, 11) is 1.59. The Morgan fingerprint density at radius 2 is 1.86 bits per heavy atom. The van der Waals surface area contributed by atoms with Crippen LogP contribution < -0.4 is 10.1 Å². The van der Waals surface area contributed by atoms with Crippen molar-refractivity contribution in [1.82, 2.24) is 15.1 Å². The average Bonchev–Trinajstić information content (AvgIpc) is 3.19. The first-order chi connectivity index (χ1) is 13.9. The molecule has 0 fully saturated rings. The summed E-state index contributed by atoms with van der Waals surface area (Å²) in [6.07, 6.45) is 0.794. The molecule has 1 amide bonds. The highest BCUT2D eigenvalue weighted by Crippen LogP contribution is 2.25. The summed E-state index contributed by atoms with van der Waals surface area (Å²) in [6, 6.07) is 15.0.